The highest BCUT2D eigenvalue weighted by atomic mass is 35.5. The molecule has 8 heteroatoms. The van der Waals surface area contributed by atoms with Crippen LogP contribution in [-0.4, -0.2) is 43.3 Å². The number of fused-ring (bicyclic) bond motifs is 2. The van der Waals surface area contributed by atoms with E-state index in [2.05, 4.69) is 20.4 Å². The molecule has 0 aliphatic carbocycles. The summed E-state index contributed by atoms with van der Waals surface area (Å²) in [5.41, 5.74) is 3.69. The Morgan fingerprint density at radius 2 is 2.07 bits per heavy atom. The number of hydrogen-bond acceptors (Lipinski definition) is 7. The summed E-state index contributed by atoms with van der Waals surface area (Å²) in [5, 5.41) is 23.8. The van der Waals surface area contributed by atoms with Crippen molar-refractivity contribution >= 4 is 40.0 Å². The Hall–Kier alpha value is -2.87. The van der Waals surface area contributed by atoms with E-state index < -0.39 is 0 Å². The quantitative estimate of drug-likeness (QED) is 0.628. The average molecular weight is 425 g/mol. The second kappa shape index (κ2) is 7.75. The third-order valence-electron chi connectivity index (χ3n) is 5.50. The molecular weight excluding hydrogens is 404 g/mol. The van der Waals surface area contributed by atoms with Crippen molar-refractivity contribution < 1.29 is 14.3 Å². The predicted molar refractivity (Wildman–Crippen MR) is 116 cm³/mol. The molecule has 3 heterocycles. The third kappa shape index (κ3) is 3.35. The molecule has 1 fully saturated rings. The number of azo groups is 1. The Morgan fingerprint density at radius 3 is 2.87 bits per heavy atom. The summed E-state index contributed by atoms with van der Waals surface area (Å²) in [7, 11) is 1.65. The van der Waals surface area contributed by atoms with Gasteiger partial charge in [-0.1, -0.05) is 11.6 Å². The van der Waals surface area contributed by atoms with Gasteiger partial charge in [-0.2, -0.15) is 0 Å². The van der Waals surface area contributed by atoms with E-state index in [1.807, 2.05) is 18.2 Å². The average Bonchev–Trinajstić information content (AvgIpc) is 3.30. The highest BCUT2D eigenvalue weighted by Gasteiger charge is 2.23. The molecule has 154 valence electrons. The molecule has 0 amide bonds. The fraction of sp³-hybridized carbons (Fsp3) is 0.273. The molecule has 2 N–H and O–H groups in total. The maximum atomic E-state index is 10.8. The summed E-state index contributed by atoms with van der Waals surface area (Å²) in [6, 6.07) is 9.08. The fourth-order valence-corrected chi connectivity index (χ4v) is 4.10. The first-order valence-electron chi connectivity index (χ1n) is 9.82. The van der Waals surface area contributed by atoms with Crippen LogP contribution in [-0.2, 0) is 6.54 Å². The first-order chi connectivity index (χ1) is 14.6. The van der Waals surface area contributed by atoms with Crippen LogP contribution in [0.3, 0.4) is 0 Å². The van der Waals surface area contributed by atoms with Crippen LogP contribution in [0.2, 0.25) is 5.02 Å². The number of furan rings is 1. The molecule has 0 radical (unpaired) electrons. The summed E-state index contributed by atoms with van der Waals surface area (Å²) in [6.45, 7) is 4.48. The van der Waals surface area contributed by atoms with Gasteiger partial charge >= 0.3 is 0 Å². The van der Waals surface area contributed by atoms with Gasteiger partial charge in [0.2, 0.25) is 0 Å². The number of piperazine rings is 1. The normalized spacial score (nSPS) is 17.7. The molecule has 30 heavy (non-hydrogen) atoms. The minimum Gasteiger partial charge on any atom is -0.504 e. The van der Waals surface area contributed by atoms with Gasteiger partial charge < -0.3 is 19.6 Å². The highest BCUT2D eigenvalue weighted by Crippen LogP contribution is 2.42. The molecule has 5 rings (SSSR count). The minimum atomic E-state index is 0.0763. The number of nitrogens with one attached hydrogen (secondary N) is 1. The van der Waals surface area contributed by atoms with E-state index >= 15 is 0 Å². The lowest BCUT2D eigenvalue weighted by Gasteiger charge is -2.27. The zero-order valence-corrected chi connectivity index (χ0v) is 17.2. The molecular formula is C22H21ClN4O3. The van der Waals surface area contributed by atoms with E-state index in [0.29, 0.717) is 34.0 Å². The number of ether oxygens (including phenoxy) is 1. The van der Waals surface area contributed by atoms with Crippen molar-refractivity contribution in [2.24, 2.45) is 10.2 Å². The standard InChI is InChI=1S/C22H21ClN4O3/c1-29-19-5-3-14-21(28)20(11-18-15-10-13(23)2-4-17(15)25-26-18)30-22(14)16(19)12-27-8-6-24-7-9-27/h2-5,10-11,24,28H,6-9,12H2,1H3. The summed E-state index contributed by atoms with van der Waals surface area (Å²) in [6.07, 6.45) is 1.70. The second-order valence-electron chi connectivity index (χ2n) is 7.36. The summed E-state index contributed by atoms with van der Waals surface area (Å²) in [4.78, 5) is 2.34. The zero-order chi connectivity index (χ0) is 20.7. The Morgan fingerprint density at radius 1 is 1.23 bits per heavy atom. The van der Waals surface area contributed by atoms with Crippen molar-refractivity contribution in [3.8, 4) is 11.5 Å². The maximum absolute atomic E-state index is 10.8. The van der Waals surface area contributed by atoms with Gasteiger partial charge in [-0.15, -0.1) is 10.2 Å². The molecule has 2 aliphatic heterocycles. The van der Waals surface area contributed by atoms with Gasteiger partial charge in [0.25, 0.3) is 0 Å². The van der Waals surface area contributed by atoms with E-state index in [0.717, 1.165) is 48.7 Å². The third-order valence-corrected chi connectivity index (χ3v) is 5.73. The molecule has 0 bridgehead atoms. The molecule has 0 atom stereocenters. The van der Waals surface area contributed by atoms with Gasteiger partial charge in [0.05, 0.1) is 29.4 Å². The number of hydrogen-bond donors (Lipinski definition) is 2. The van der Waals surface area contributed by atoms with Crippen LogP contribution in [0.4, 0.5) is 5.69 Å². The monoisotopic (exact) mass is 424 g/mol. The summed E-state index contributed by atoms with van der Waals surface area (Å²) in [5.74, 6) is 1.15. The van der Waals surface area contributed by atoms with Gasteiger partial charge in [0.15, 0.2) is 11.5 Å². The SMILES string of the molecule is COc1ccc2c(O)c(C=C3N=Nc4ccc(Cl)cc43)oc2c1CN1CCNCC1. The van der Waals surface area contributed by atoms with Crippen LogP contribution in [0.15, 0.2) is 45.0 Å². The Labute approximate surface area is 178 Å². The van der Waals surface area contributed by atoms with Gasteiger partial charge in [-0.3, -0.25) is 4.90 Å². The van der Waals surface area contributed by atoms with Crippen molar-refractivity contribution in [3.63, 3.8) is 0 Å². The van der Waals surface area contributed by atoms with Crippen LogP contribution < -0.4 is 10.1 Å². The lowest BCUT2D eigenvalue weighted by molar-refractivity contribution is 0.230. The largest absolute Gasteiger partial charge is 0.504 e. The van der Waals surface area contributed by atoms with Crippen LogP contribution in [0.1, 0.15) is 16.9 Å². The molecule has 7 nitrogen and oxygen atoms in total. The maximum Gasteiger partial charge on any atom is 0.172 e. The second-order valence-corrected chi connectivity index (χ2v) is 7.79. The molecule has 0 spiro atoms. The summed E-state index contributed by atoms with van der Waals surface area (Å²) >= 11 is 6.13. The van der Waals surface area contributed by atoms with Crippen LogP contribution >= 0.6 is 11.6 Å². The van der Waals surface area contributed by atoms with Gasteiger partial charge in [0, 0.05) is 49.4 Å². The predicted octanol–water partition coefficient (Wildman–Crippen LogP) is 4.80. The smallest absolute Gasteiger partial charge is 0.172 e. The van der Waals surface area contributed by atoms with Crippen molar-refractivity contribution in [1.29, 1.82) is 0 Å². The number of halogens is 1. The number of methoxy groups -OCH3 is 1. The Bertz CT molecular complexity index is 1180. The van der Waals surface area contributed by atoms with Crippen LogP contribution in [0.5, 0.6) is 11.5 Å². The first kappa shape index (κ1) is 19.1. The zero-order valence-electron chi connectivity index (χ0n) is 16.5. The number of aromatic hydroxyl groups is 1. The first-order valence-corrected chi connectivity index (χ1v) is 10.2. The molecule has 1 aromatic heterocycles. The lowest BCUT2D eigenvalue weighted by atomic mass is 10.1. The molecule has 0 saturated carbocycles. The van der Waals surface area contributed by atoms with E-state index in [9.17, 15) is 5.11 Å². The number of benzene rings is 2. The van der Waals surface area contributed by atoms with Crippen molar-refractivity contribution in [1.82, 2.24) is 10.2 Å². The van der Waals surface area contributed by atoms with Crippen LogP contribution in [0.25, 0.3) is 22.7 Å². The lowest BCUT2D eigenvalue weighted by Crippen LogP contribution is -2.42. The van der Waals surface area contributed by atoms with E-state index in [1.54, 1.807) is 25.3 Å². The van der Waals surface area contributed by atoms with Crippen LogP contribution in [0, 0.1) is 0 Å². The molecule has 0 unspecified atom stereocenters. The molecule has 3 aromatic rings. The molecule has 2 aliphatic rings. The van der Waals surface area contributed by atoms with Crippen molar-refractivity contribution in [3.05, 3.63) is 52.2 Å². The van der Waals surface area contributed by atoms with Gasteiger partial charge in [0.1, 0.15) is 11.3 Å². The molecule has 2 aromatic carbocycles. The van der Waals surface area contributed by atoms with Gasteiger partial charge in [-0.05, 0) is 30.3 Å². The number of nitrogens with zero attached hydrogens (tertiary/aromatic N) is 3. The highest BCUT2D eigenvalue weighted by molar-refractivity contribution is 6.31. The topological polar surface area (TPSA) is 82.6 Å². The Balaban J connectivity index is 1.58. The van der Waals surface area contributed by atoms with Crippen molar-refractivity contribution in [2.75, 3.05) is 33.3 Å². The number of rotatable bonds is 4. The van der Waals surface area contributed by atoms with E-state index in [4.69, 9.17) is 20.8 Å². The fourth-order valence-electron chi connectivity index (χ4n) is 3.93. The Kier molecular flexibility index (Phi) is 4.94. The van der Waals surface area contributed by atoms with E-state index in [-0.39, 0.29) is 5.75 Å². The van der Waals surface area contributed by atoms with Crippen molar-refractivity contribution in [2.45, 2.75) is 6.54 Å². The molecule has 1 saturated heterocycles. The summed E-state index contributed by atoms with van der Waals surface area (Å²) < 4.78 is 11.7. The van der Waals surface area contributed by atoms with Gasteiger partial charge in [-0.25, -0.2) is 0 Å². The minimum absolute atomic E-state index is 0.0763. The van der Waals surface area contributed by atoms with E-state index in [1.165, 1.54) is 0 Å².